The Hall–Kier alpha value is -3.16. The summed E-state index contributed by atoms with van der Waals surface area (Å²) in [5.74, 6) is 1.99. The lowest BCUT2D eigenvalue weighted by Crippen LogP contribution is -2.33. The number of aromatic nitrogens is 2. The topological polar surface area (TPSA) is 87.7 Å². The van der Waals surface area contributed by atoms with Gasteiger partial charge >= 0.3 is 0 Å². The second kappa shape index (κ2) is 8.69. The van der Waals surface area contributed by atoms with Crippen LogP contribution < -0.4 is 19.9 Å². The van der Waals surface area contributed by atoms with Crippen molar-refractivity contribution in [3.63, 3.8) is 0 Å². The molecule has 2 fully saturated rings. The third kappa shape index (κ3) is 4.37. The van der Waals surface area contributed by atoms with Crippen LogP contribution in [-0.2, 0) is 9.59 Å². The van der Waals surface area contributed by atoms with Crippen molar-refractivity contribution < 1.29 is 14.3 Å². The van der Waals surface area contributed by atoms with Crippen molar-refractivity contribution >= 4 is 29.1 Å². The summed E-state index contributed by atoms with van der Waals surface area (Å²) in [6.45, 7) is 4.51. The summed E-state index contributed by atoms with van der Waals surface area (Å²) in [5, 5.41) is 2.87. The molecule has 0 spiro atoms. The lowest BCUT2D eigenvalue weighted by molar-refractivity contribution is -0.122. The molecule has 1 atom stereocenters. The standard InChI is InChI=1S/C22H27N5O3/c1-15-6-8-26(9-7-15)20-12-19(23-14-24-20)25-22(29)16-10-21(28)27(13-16)17-4-3-5-18(11-17)30-2/h3-5,11-12,14-16H,6-10,13H2,1-2H3,(H,23,24,25,29). The van der Waals surface area contributed by atoms with Crippen LogP contribution in [0.25, 0.3) is 0 Å². The summed E-state index contributed by atoms with van der Waals surface area (Å²) in [4.78, 5) is 37.7. The molecule has 3 heterocycles. The van der Waals surface area contributed by atoms with Crippen molar-refractivity contribution in [2.75, 3.05) is 41.9 Å². The Kier molecular flexibility index (Phi) is 5.83. The number of rotatable bonds is 5. The van der Waals surface area contributed by atoms with Crippen LogP contribution in [0.5, 0.6) is 5.75 Å². The molecule has 2 saturated heterocycles. The maximum atomic E-state index is 12.8. The molecule has 2 aliphatic heterocycles. The number of carbonyl (C=O) groups is 2. The molecule has 2 aromatic rings. The Morgan fingerprint density at radius 3 is 2.77 bits per heavy atom. The van der Waals surface area contributed by atoms with Gasteiger partial charge in [-0.1, -0.05) is 13.0 Å². The molecule has 2 amide bonds. The van der Waals surface area contributed by atoms with Crippen LogP contribution >= 0.6 is 0 Å². The zero-order valence-corrected chi connectivity index (χ0v) is 17.4. The Bertz CT molecular complexity index is 926. The van der Waals surface area contributed by atoms with Gasteiger partial charge in [-0.05, 0) is 30.9 Å². The molecule has 0 bridgehead atoms. The van der Waals surface area contributed by atoms with Gasteiger partial charge in [0.2, 0.25) is 11.8 Å². The first-order valence-electron chi connectivity index (χ1n) is 10.4. The maximum Gasteiger partial charge on any atom is 0.230 e. The Morgan fingerprint density at radius 2 is 2.00 bits per heavy atom. The van der Waals surface area contributed by atoms with Crippen LogP contribution in [-0.4, -0.2) is 48.5 Å². The van der Waals surface area contributed by atoms with Crippen LogP contribution in [0.4, 0.5) is 17.3 Å². The van der Waals surface area contributed by atoms with E-state index in [-0.39, 0.29) is 18.2 Å². The molecular weight excluding hydrogens is 382 g/mol. The molecule has 158 valence electrons. The molecule has 4 rings (SSSR count). The molecule has 8 nitrogen and oxygen atoms in total. The minimum Gasteiger partial charge on any atom is -0.497 e. The van der Waals surface area contributed by atoms with E-state index in [2.05, 4.69) is 27.1 Å². The Morgan fingerprint density at radius 1 is 1.20 bits per heavy atom. The first-order chi connectivity index (χ1) is 14.5. The van der Waals surface area contributed by atoms with Gasteiger partial charge in [0.15, 0.2) is 0 Å². The van der Waals surface area contributed by atoms with Gasteiger partial charge in [0.25, 0.3) is 0 Å². The van der Waals surface area contributed by atoms with Gasteiger partial charge < -0.3 is 19.9 Å². The summed E-state index contributed by atoms with van der Waals surface area (Å²) in [6.07, 6.45) is 3.92. The lowest BCUT2D eigenvalue weighted by Gasteiger charge is -2.31. The molecule has 30 heavy (non-hydrogen) atoms. The van der Waals surface area contributed by atoms with Crippen molar-refractivity contribution in [1.29, 1.82) is 0 Å². The highest BCUT2D eigenvalue weighted by Gasteiger charge is 2.35. The average Bonchev–Trinajstić information content (AvgIpc) is 3.16. The number of benzene rings is 1. The number of carbonyl (C=O) groups excluding carboxylic acids is 2. The minimum atomic E-state index is -0.432. The first-order valence-corrected chi connectivity index (χ1v) is 10.4. The fraction of sp³-hybridized carbons (Fsp3) is 0.455. The van der Waals surface area contributed by atoms with Gasteiger partial charge in [-0.2, -0.15) is 0 Å². The van der Waals surface area contributed by atoms with E-state index in [9.17, 15) is 9.59 Å². The number of nitrogens with one attached hydrogen (secondary N) is 1. The van der Waals surface area contributed by atoms with E-state index in [4.69, 9.17) is 4.74 Å². The predicted molar refractivity (Wildman–Crippen MR) is 115 cm³/mol. The van der Waals surface area contributed by atoms with Gasteiger partial charge in [0.1, 0.15) is 23.7 Å². The fourth-order valence-corrected chi connectivity index (χ4v) is 3.97. The van der Waals surface area contributed by atoms with Gasteiger partial charge in [0.05, 0.1) is 13.0 Å². The monoisotopic (exact) mass is 409 g/mol. The van der Waals surface area contributed by atoms with E-state index in [1.807, 2.05) is 24.3 Å². The number of amides is 2. The fourth-order valence-electron chi connectivity index (χ4n) is 3.97. The Labute approximate surface area is 176 Å². The molecule has 1 unspecified atom stereocenters. The number of piperidine rings is 1. The summed E-state index contributed by atoms with van der Waals surface area (Å²) >= 11 is 0. The number of hydrogen-bond donors (Lipinski definition) is 1. The van der Waals surface area contributed by atoms with Gasteiger partial charge in [0, 0.05) is 43.9 Å². The normalized spacial score (nSPS) is 19.8. The molecule has 1 aromatic carbocycles. The van der Waals surface area contributed by atoms with Crippen LogP contribution in [0.3, 0.4) is 0 Å². The number of methoxy groups -OCH3 is 1. The molecule has 1 N–H and O–H groups in total. The number of nitrogens with zero attached hydrogens (tertiary/aromatic N) is 4. The van der Waals surface area contributed by atoms with Crippen LogP contribution in [0, 0.1) is 11.8 Å². The number of anilines is 3. The third-order valence-electron chi connectivity index (χ3n) is 5.87. The number of hydrogen-bond acceptors (Lipinski definition) is 6. The van der Waals surface area contributed by atoms with Crippen molar-refractivity contribution in [2.24, 2.45) is 11.8 Å². The zero-order chi connectivity index (χ0) is 21.1. The Balaban J connectivity index is 1.41. The quantitative estimate of drug-likeness (QED) is 0.817. The van der Waals surface area contributed by atoms with Crippen LogP contribution in [0.1, 0.15) is 26.2 Å². The second-order valence-corrected chi connectivity index (χ2v) is 8.03. The summed E-state index contributed by atoms with van der Waals surface area (Å²) in [5.41, 5.74) is 0.735. The maximum absolute atomic E-state index is 12.8. The van der Waals surface area contributed by atoms with Gasteiger partial charge in [-0.25, -0.2) is 9.97 Å². The van der Waals surface area contributed by atoms with Crippen molar-refractivity contribution in [3.05, 3.63) is 36.7 Å². The van der Waals surface area contributed by atoms with E-state index < -0.39 is 5.92 Å². The molecule has 2 aliphatic rings. The van der Waals surface area contributed by atoms with E-state index >= 15 is 0 Å². The molecule has 1 aromatic heterocycles. The van der Waals surface area contributed by atoms with Crippen molar-refractivity contribution in [3.8, 4) is 5.75 Å². The SMILES string of the molecule is COc1cccc(N2CC(C(=O)Nc3cc(N4CCC(C)CC4)ncn3)CC2=O)c1. The van der Waals surface area contributed by atoms with Gasteiger partial charge in [-0.15, -0.1) is 0 Å². The molecule has 0 radical (unpaired) electrons. The molecule has 0 aliphatic carbocycles. The van der Waals surface area contributed by atoms with Crippen molar-refractivity contribution in [1.82, 2.24) is 9.97 Å². The zero-order valence-electron chi connectivity index (χ0n) is 17.4. The highest BCUT2D eigenvalue weighted by atomic mass is 16.5. The second-order valence-electron chi connectivity index (χ2n) is 8.03. The van der Waals surface area contributed by atoms with E-state index in [0.717, 1.165) is 43.4 Å². The summed E-state index contributed by atoms with van der Waals surface area (Å²) < 4.78 is 5.23. The van der Waals surface area contributed by atoms with E-state index in [1.54, 1.807) is 18.1 Å². The van der Waals surface area contributed by atoms with E-state index in [1.165, 1.54) is 6.33 Å². The average molecular weight is 409 g/mol. The van der Waals surface area contributed by atoms with Crippen LogP contribution in [0.2, 0.25) is 0 Å². The predicted octanol–water partition coefficient (Wildman–Crippen LogP) is 2.71. The minimum absolute atomic E-state index is 0.0748. The largest absolute Gasteiger partial charge is 0.497 e. The van der Waals surface area contributed by atoms with Gasteiger partial charge in [-0.3, -0.25) is 9.59 Å². The smallest absolute Gasteiger partial charge is 0.230 e. The third-order valence-corrected chi connectivity index (χ3v) is 5.87. The van der Waals surface area contributed by atoms with E-state index in [0.29, 0.717) is 18.1 Å². The van der Waals surface area contributed by atoms with Crippen molar-refractivity contribution in [2.45, 2.75) is 26.2 Å². The number of ether oxygens (including phenoxy) is 1. The highest BCUT2D eigenvalue weighted by molar-refractivity contribution is 6.03. The molecule has 8 heteroatoms. The molecule has 0 saturated carbocycles. The molecular formula is C22H27N5O3. The first kappa shape index (κ1) is 20.1. The van der Waals surface area contributed by atoms with Crippen LogP contribution in [0.15, 0.2) is 36.7 Å². The summed E-state index contributed by atoms with van der Waals surface area (Å²) in [6, 6.07) is 9.11. The lowest BCUT2D eigenvalue weighted by atomic mass is 9.99. The summed E-state index contributed by atoms with van der Waals surface area (Å²) in [7, 11) is 1.58. The highest BCUT2D eigenvalue weighted by Crippen LogP contribution is 2.29.